The molecule has 0 unspecified atom stereocenters. The minimum Gasteiger partial charge on any atom is -0.492 e. The summed E-state index contributed by atoms with van der Waals surface area (Å²) in [6.07, 6.45) is -4.46. The second-order valence-corrected chi connectivity index (χ2v) is 4.12. The van der Waals surface area contributed by atoms with E-state index in [1.54, 1.807) is 0 Å². The highest BCUT2D eigenvalue weighted by atomic mass is 19.4. The Hall–Kier alpha value is -1.43. The van der Waals surface area contributed by atoms with Gasteiger partial charge in [-0.05, 0) is 31.3 Å². The lowest BCUT2D eigenvalue weighted by atomic mass is 10.1. The largest absolute Gasteiger partial charge is 0.492 e. The van der Waals surface area contributed by atoms with E-state index in [4.69, 9.17) is 10.5 Å². The smallest absolute Gasteiger partial charge is 0.418 e. The number of anilines is 1. The number of alkyl halides is 3. The van der Waals surface area contributed by atoms with Gasteiger partial charge in [-0.3, -0.25) is 0 Å². The monoisotopic (exact) mass is 276 g/mol. The Morgan fingerprint density at radius 2 is 1.84 bits per heavy atom. The van der Waals surface area contributed by atoms with Gasteiger partial charge in [0, 0.05) is 12.2 Å². The molecule has 0 aliphatic carbocycles. The number of nitrogen functional groups attached to an aromatic ring is 1. The molecule has 0 aromatic heterocycles. The SMILES string of the molecule is CCN(CC)CCOc1ccc(N)c(C(F)(F)F)c1. The van der Waals surface area contributed by atoms with Crippen LogP contribution >= 0.6 is 0 Å². The highest BCUT2D eigenvalue weighted by Gasteiger charge is 2.33. The van der Waals surface area contributed by atoms with Crippen molar-refractivity contribution in [3.63, 3.8) is 0 Å². The first kappa shape index (κ1) is 15.6. The van der Waals surface area contributed by atoms with E-state index in [2.05, 4.69) is 4.90 Å². The molecule has 2 N–H and O–H groups in total. The summed E-state index contributed by atoms with van der Waals surface area (Å²) >= 11 is 0. The molecule has 1 rings (SSSR count). The lowest BCUT2D eigenvalue weighted by molar-refractivity contribution is -0.137. The minimum absolute atomic E-state index is 0.189. The summed E-state index contributed by atoms with van der Waals surface area (Å²) in [6, 6.07) is 3.61. The van der Waals surface area contributed by atoms with Crippen LogP contribution in [0, 0.1) is 0 Å². The van der Waals surface area contributed by atoms with E-state index in [0.717, 1.165) is 19.2 Å². The molecule has 0 atom stereocenters. The first-order chi connectivity index (χ1) is 8.88. The number of rotatable bonds is 6. The molecule has 6 heteroatoms. The summed E-state index contributed by atoms with van der Waals surface area (Å²) in [6.45, 7) is 6.84. The summed E-state index contributed by atoms with van der Waals surface area (Å²) in [5, 5.41) is 0. The van der Waals surface area contributed by atoms with E-state index in [9.17, 15) is 13.2 Å². The van der Waals surface area contributed by atoms with E-state index >= 15 is 0 Å². The summed E-state index contributed by atoms with van der Waals surface area (Å²) in [4.78, 5) is 2.13. The molecule has 0 aliphatic heterocycles. The van der Waals surface area contributed by atoms with Crippen molar-refractivity contribution in [3.8, 4) is 5.75 Å². The van der Waals surface area contributed by atoms with E-state index in [-0.39, 0.29) is 11.4 Å². The van der Waals surface area contributed by atoms with Gasteiger partial charge >= 0.3 is 6.18 Å². The first-order valence-electron chi connectivity index (χ1n) is 6.20. The lowest BCUT2D eigenvalue weighted by Gasteiger charge is -2.18. The van der Waals surface area contributed by atoms with Crippen LogP contribution < -0.4 is 10.5 Å². The molecule has 0 aliphatic rings. The number of nitrogens with two attached hydrogens (primary N) is 1. The normalized spacial score (nSPS) is 11.9. The summed E-state index contributed by atoms with van der Waals surface area (Å²) < 4.78 is 43.3. The first-order valence-corrected chi connectivity index (χ1v) is 6.20. The van der Waals surface area contributed by atoms with Crippen molar-refractivity contribution < 1.29 is 17.9 Å². The maximum atomic E-state index is 12.6. The molecule has 3 nitrogen and oxygen atoms in total. The number of likely N-dealkylation sites (N-methyl/N-ethyl adjacent to an activating group) is 1. The van der Waals surface area contributed by atoms with Gasteiger partial charge in [0.1, 0.15) is 12.4 Å². The Morgan fingerprint density at radius 3 is 2.37 bits per heavy atom. The molecule has 1 aromatic carbocycles. The summed E-state index contributed by atoms with van der Waals surface area (Å²) in [5.74, 6) is 0.189. The van der Waals surface area contributed by atoms with Crippen LogP contribution in [0.5, 0.6) is 5.75 Å². The van der Waals surface area contributed by atoms with Crippen molar-refractivity contribution in [1.29, 1.82) is 0 Å². The molecule has 19 heavy (non-hydrogen) atoms. The molecule has 0 bridgehead atoms. The third-order valence-corrected chi connectivity index (χ3v) is 2.90. The van der Waals surface area contributed by atoms with E-state index in [0.29, 0.717) is 13.2 Å². The Bertz CT molecular complexity index is 403. The Morgan fingerprint density at radius 1 is 1.21 bits per heavy atom. The van der Waals surface area contributed by atoms with Crippen molar-refractivity contribution in [2.24, 2.45) is 0 Å². The van der Waals surface area contributed by atoms with Crippen molar-refractivity contribution in [1.82, 2.24) is 4.90 Å². The number of halogens is 3. The van der Waals surface area contributed by atoms with Gasteiger partial charge in [0.15, 0.2) is 0 Å². The predicted octanol–water partition coefficient (Wildman–Crippen LogP) is 3.01. The molecular formula is C13H19F3N2O. The standard InChI is InChI=1S/C13H19F3N2O/c1-3-18(4-2)7-8-19-10-5-6-12(17)11(9-10)13(14,15)16/h5-6,9H,3-4,7-8,17H2,1-2H3. The van der Waals surface area contributed by atoms with Crippen LogP contribution in [0.15, 0.2) is 18.2 Å². The van der Waals surface area contributed by atoms with Crippen molar-refractivity contribution in [2.75, 3.05) is 32.0 Å². The van der Waals surface area contributed by atoms with Crippen LogP contribution in [0.4, 0.5) is 18.9 Å². The fourth-order valence-electron chi connectivity index (χ4n) is 1.70. The molecule has 0 spiro atoms. The molecule has 1 aromatic rings. The van der Waals surface area contributed by atoms with Gasteiger partial charge in [-0.2, -0.15) is 13.2 Å². The molecule has 0 amide bonds. The van der Waals surface area contributed by atoms with Gasteiger partial charge < -0.3 is 15.4 Å². The third kappa shape index (κ3) is 4.63. The molecule has 0 heterocycles. The Labute approximate surface area is 111 Å². The number of hydrogen-bond donors (Lipinski definition) is 1. The topological polar surface area (TPSA) is 38.5 Å². The zero-order chi connectivity index (χ0) is 14.5. The fraction of sp³-hybridized carbons (Fsp3) is 0.538. The summed E-state index contributed by atoms with van der Waals surface area (Å²) in [7, 11) is 0. The van der Waals surface area contributed by atoms with Crippen LogP contribution in [-0.2, 0) is 6.18 Å². The van der Waals surface area contributed by atoms with Crippen molar-refractivity contribution in [3.05, 3.63) is 23.8 Å². The van der Waals surface area contributed by atoms with Crippen molar-refractivity contribution >= 4 is 5.69 Å². The number of ether oxygens (including phenoxy) is 1. The molecular weight excluding hydrogens is 257 g/mol. The van der Waals surface area contributed by atoms with E-state index in [1.807, 2.05) is 13.8 Å². The fourth-order valence-corrected chi connectivity index (χ4v) is 1.70. The molecule has 0 radical (unpaired) electrons. The van der Waals surface area contributed by atoms with Gasteiger partial charge in [0.25, 0.3) is 0 Å². The number of hydrogen-bond acceptors (Lipinski definition) is 3. The predicted molar refractivity (Wildman–Crippen MR) is 69.1 cm³/mol. The molecule has 0 fully saturated rings. The lowest BCUT2D eigenvalue weighted by Crippen LogP contribution is -2.27. The number of benzene rings is 1. The minimum atomic E-state index is -4.46. The van der Waals surface area contributed by atoms with Crippen LogP contribution in [-0.4, -0.2) is 31.1 Å². The zero-order valence-electron chi connectivity index (χ0n) is 11.1. The average molecular weight is 276 g/mol. The quantitative estimate of drug-likeness (QED) is 0.812. The van der Waals surface area contributed by atoms with Gasteiger partial charge in [-0.15, -0.1) is 0 Å². The molecule has 108 valence electrons. The van der Waals surface area contributed by atoms with Gasteiger partial charge in [0.2, 0.25) is 0 Å². The molecule has 0 saturated carbocycles. The summed E-state index contributed by atoms with van der Waals surface area (Å²) in [5.41, 5.74) is 4.17. The average Bonchev–Trinajstić information content (AvgIpc) is 2.35. The van der Waals surface area contributed by atoms with Gasteiger partial charge in [-0.1, -0.05) is 13.8 Å². The van der Waals surface area contributed by atoms with Crippen LogP contribution in [0.25, 0.3) is 0 Å². The second-order valence-electron chi connectivity index (χ2n) is 4.12. The van der Waals surface area contributed by atoms with Gasteiger partial charge in [0.05, 0.1) is 5.56 Å². The van der Waals surface area contributed by atoms with Crippen LogP contribution in [0.2, 0.25) is 0 Å². The van der Waals surface area contributed by atoms with Gasteiger partial charge in [-0.25, -0.2) is 0 Å². The van der Waals surface area contributed by atoms with Crippen LogP contribution in [0.3, 0.4) is 0 Å². The third-order valence-electron chi connectivity index (χ3n) is 2.90. The zero-order valence-corrected chi connectivity index (χ0v) is 11.1. The maximum Gasteiger partial charge on any atom is 0.418 e. The van der Waals surface area contributed by atoms with Crippen LogP contribution in [0.1, 0.15) is 19.4 Å². The van der Waals surface area contributed by atoms with Crippen molar-refractivity contribution in [2.45, 2.75) is 20.0 Å². The molecule has 0 saturated heterocycles. The highest BCUT2D eigenvalue weighted by Crippen LogP contribution is 2.35. The van der Waals surface area contributed by atoms with E-state index < -0.39 is 11.7 Å². The number of nitrogens with zero attached hydrogens (tertiary/aromatic N) is 1. The highest BCUT2D eigenvalue weighted by molar-refractivity contribution is 5.51. The second kappa shape index (κ2) is 6.65. The Kier molecular flexibility index (Phi) is 5.47. The Balaban J connectivity index is 2.65. The maximum absolute atomic E-state index is 12.6. The van der Waals surface area contributed by atoms with E-state index in [1.165, 1.54) is 12.1 Å².